The Morgan fingerprint density at radius 1 is 0.968 bits per heavy atom. The van der Waals surface area contributed by atoms with Gasteiger partial charge in [-0.3, -0.25) is 13.9 Å². The van der Waals surface area contributed by atoms with Crippen LogP contribution in [0.25, 0.3) is 38.9 Å². The molecule has 0 aliphatic carbocycles. The average molecular weight is 411 g/mol. The second-order valence-electron chi connectivity index (χ2n) is 7.96. The summed E-state index contributed by atoms with van der Waals surface area (Å²) in [5.41, 5.74) is 4.15. The van der Waals surface area contributed by atoms with Crippen molar-refractivity contribution < 1.29 is 4.74 Å². The average Bonchev–Trinajstić information content (AvgIpc) is 3.41. The molecular formula is C24H21N5O2. The van der Waals surface area contributed by atoms with Gasteiger partial charge in [-0.1, -0.05) is 30.3 Å². The molecule has 6 rings (SSSR count). The third-order valence-electron chi connectivity index (χ3n) is 5.98. The molecule has 1 saturated heterocycles. The summed E-state index contributed by atoms with van der Waals surface area (Å²) in [6.45, 7) is 3.13. The van der Waals surface area contributed by atoms with Crippen LogP contribution in [0.15, 0.2) is 59.4 Å². The standard InChI is InChI=1S/C24H21N5O2/c1-15-25-22-20(24(30)28(15)14-17-10-7-13-31-17)21-23(29(22)16-8-3-2-4-9-16)27-19-12-6-5-11-18(19)26-21/h2-6,8-9,11-12,17H,7,10,13-14H2,1H3/t17-/m0/s1. The Hall–Kier alpha value is -3.58. The first-order valence-electron chi connectivity index (χ1n) is 10.6. The molecule has 0 spiro atoms. The minimum Gasteiger partial charge on any atom is -0.376 e. The van der Waals surface area contributed by atoms with Crippen molar-refractivity contribution in [1.29, 1.82) is 0 Å². The summed E-state index contributed by atoms with van der Waals surface area (Å²) >= 11 is 0. The SMILES string of the molecule is Cc1nc2c(c(=O)n1C[C@@H]1CCCO1)c1nc3ccccc3nc1n2-c1ccccc1. The lowest BCUT2D eigenvalue weighted by molar-refractivity contribution is 0.0955. The van der Waals surface area contributed by atoms with Gasteiger partial charge in [0.15, 0.2) is 11.3 Å². The number of aryl methyl sites for hydroxylation is 1. The number of hydrogen-bond acceptors (Lipinski definition) is 5. The molecule has 31 heavy (non-hydrogen) atoms. The second kappa shape index (κ2) is 6.99. The predicted octanol–water partition coefficient (Wildman–Crippen LogP) is 3.77. The van der Waals surface area contributed by atoms with Crippen LogP contribution < -0.4 is 5.56 Å². The number of nitrogens with zero attached hydrogens (tertiary/aromatic N) is 5. The minimum atomic E-state index is -0.0951. The first-order valence-corrected chi connectivity index (χ1v) is 10.6. The minimum absolute atomic E-state index is 0.0463. The van der Waals surface area contributed by atoms with Crippen LogP contribution in [0.4, 0.5) is 0 Å². The molecule has 1 aliphatic rings. The number of hydrogen-bond donors (Lipinski definition) is 0. The smallest absolute Gasteiger partial charge is 0.265 e. The van der Waals surface area contributed by atoms with Crippen LogP contribution in [-0.2, 0) is 11.3 Å². The first-order chi connectivity index (χ1) is 15.2. The summed E-state index contributed by atoms with van der Waals surface area (Å²) < 4.78 is 9.44. The summed E-state index contributed by atoms with van der Waals surface area (Å²) in [6, 6.07) is 17.6. The Kier molecular flexibility index (Phi) is 4.11. The van der Waals surface area contributed by atoms with Crippen molar-refractivity contribution in [2.75, 3.05) is 6.61 Å². The van der Waals surface area contributed by atoms with E-state index in [2.05, 4.69) is 0 Å². The van der Waals surface area contributed by atoms with Crippen molar-refractivity contribution in [2.24, 2.45) is 0 Å². The van der Waals surface area contributed by atoms with Gasteiger partial charge in [0.05, 0.1) is 23.7 Å². The van der Waals surface area contributed by atoms with Crippen molar-refractivity contribution in [2.45, 2.75) is 32.4 Å². The Morgan fingerprint density at radius 3 is 2.45 bits per heavy atom. The zero-order valence-electron chi connectivity index (χ0n) is 17.2. The number of aromatic nitrogens is 5. The van der Waals surface area contributed by atoms with E-state index >= 15 is 0 Å². The molecular weight excluding hydrogens is 390 g/mol. The van der Waals surface area contributed by atoms with Crippen LogP contribution in [0, 0.1) is 6.92 Å². The van der Waals surface area contributed by atoms with Crippen molar-refractivity contribution in [3.05, 3.63) is 70.8 Å². The maximum Gasteiger partial charge on any atom is 0.265 e. The summed E-state index contributed by atoms with van der Waals surface area (Å²) in [5.74, 6) is 0.664. The summed E-state index contributed by atoms with van der Waals surface area (Å²) in [5, 5.41) is 0.501. The molecule has 5 aromatic rings. The fourth-order valence-electron chi connectivity index (χ4n) is 4.46. The summed E-state index contributed by atoms with van der Waals surface area (Å²) in [4.78, 5) is 28.3. The molecule has 0 unspecified atom stereocenters. The van der Waals surface area contributed by atoms with E-state index in [0.29, 0.717) is 34.6 Å². The van der Waals surface area contributed by atoms with E-state index < -0.39 is 0 Å². The number of ether oxygens (including phenoxy) is 1. The van der Waals surface area contributed by atoms with Gasteiger partial charge >= 0.3 is 0 Å². The molecule has 154 valence electrons. The van der Waals surface area contributed by atoms with Gasteiger partial charge in [-0.05, 0) is 44.0 Å². The summed E-state index contributed by atoms with van der Waals surface area (Å²) in [7, 11) is 0. The quantitative estimate of drug-likeness (QED) is 0.452. The normalized spacial score (nSPS) is 16.6. The fourth-order valence-corrected chi connectivity index (χ4v) is 4.46. The largest absolute Gasteiger partial charge is 0.376 e. The van der Waals surface area contributed by atoms with E-state index in [-0.39, 0.29) is 11.7 Å². The highest BCUT2D eigenvalue weighted by molar-refractivity contribution is 6.05. The lowest BCUT2D eigenvalue weighted by Gasteiger charge is -2.14. The molecule has 7 nitrogen and oxygen atoms in total. The Morgan fingerprint density at radius 2 is 1.71 bits per heavy atom. The molecule has 0 N–H and O–H groups in total. The monoisotopic (exact) mass is 411 g/mol. The van der Waals surface area contributed by atoms with Gasteiger partial charge in [-0.2, -0.15) is 0 Å². The van der Waals surface area contributed by atoms with E-state index in [1.54, 1.807) is 4.57 Å². The Bertz CT molecular complexity index is 1500. The Balaban J connectivity index is 1.73. The molecule has 0 radical (unpaired) electrons. The van der Waals surface area contributed by atoms with Gasteiger partial charge in [0.1, 0.15) is 16.7 Å². The zero-order valence-corrected chi connectivity index (χ0v) is 17.2. The van der Waals surface area contributed by atoms with Crippen molar-refractivity contribution >= 4 is 33.2 Å². The van der Waals surface area contributed by atoms with E-state index in [9.17, 15) is 4.79 Å². The molecule has 1 aliphatic heterocycles. The van der Waals surface area contributed by atoms with Gasteiger partial charge in [-0.15, -0.1) is 0 Å². The molecule has 2 aromatic carbocycles. The zero-order chi connectivity index (χ0) is 20.9. The van der Waals surface area contributed by atoms with Gasteiger partial charge in [-0.25, -0.2) is 15.0 Å². The first kappa shape index (κ1) is 18.2. The maximum absolute atomic E-state index is 13.7. The van der Waals surface area contributed by atoms with Crippen molar-refractivity contribution in [3.63, 3.8) is 0 Å². The van der Waals surface area contributed by atoms with Crippen LogP contribution in [0.1, 0.15) is 18.7 Å². The topological polar surface area (TPSA) is 74.8 Å². The van der Waals surface area contributed by atoms with Crippen molar-refractivity contribution in [3.8, 4) is 5.69 Å². The number of benzene rings is 2. The molecule has 1 fully saturated rings. The van der Waals surface area contributed by atoms with Crippen LogP contribution >= 0.6 is 0 Å². The highest BCUT2D eigenvalue weighted by Crippen LogP contribution is 2.28. The summed E-state index contributed by atoms with van der Waals surface area (Å²) in [6.07, 6.45) is 2.03. The van der Waals surface area contributed by atoms with Gasteiger partial charge in [0, 0.05) is 12.3 Å². The fraction of sp³-hybridized carbons (Fsp3) is 0.250. The van der Waals surface area contributed by atoms with Crippen molar-refractivity contribution in [1.82, 2.24) is 24.1 Å². The van der Waals surface area contributed by atoms with Gasteiger partial charge < -0.3 is 4.74 Å². The molecule has 0 amide bonds. The van der Waals surface area contributed by atoms with Gasteiger partial charge in [0.2, 0.25) is 0 Å². The Labute approximate surface area is 178 Å². The van der Waals surface area contributed by atoms with Gasteiger partial charge in [0.25, 0.3) is 5.56 Å². The van der Waals surface area contributed by atoms with E-state index in [1.807, 2.05) is 66.1 Å². The second-order valence-corrected chi connectivity index (χ2v) is 7.96. The number of para-hydroxylation sites is 3. The number of rotatable bonds is 3. The lowest BCUT2D eigenvalue weighted by Crippen LogP contribution is -2.29. The van der Waals surface area contributed by atoms with Crippen LogP contribution in [0.5, 0.6) is 0 Å². The molecule has 0 saturated carbocycles. The van der Waals surface area contributed by atoms with E-state index in [1.165, 1.54) is 0 Å². The maximum atomic E-state index is 13.7. The molecule has 1 atom stereocenters. The van der Waals surface area contributed by atoms with Crippen LogP contribution in [-0.4, -0.2) is 36.8 Å². The van der Waals surface area contributed by atoms with Crippen LogP contribution in [0.3, 0.4) is 0 Å². The highest BCUT2D eigenvalue weighted by Gasteiger charge is 2.24. The van der Waals surface area contributed by atoms with Crippen LogP contribution in [0.2, 0.25) is 0 Å². The molecule has 0 bridgehead atoms. The highest BCUT2D eigenvalue weighted by atomic mass is 16.5. The third-order valence-corrected chi connectivity index (χ3v) is 5.98. The molecule has 4 heterocycles. The molecule has 7 heteroatoms. The van der Waals surface area contributed by atoms with E-state index in [4.69, 9.17) is 19.7 Å². The lowest BCUT2D eigenvalue weighted by atomic mass is 10.2. The number of fused-ring (bicyclic) bond motifs is 4. The third kappa shape index (κ3) is 2.84. The van der Waals surface area contributed by atoms with E-state index in [0.717, 1.165) is 36.2 Å². The molecule has 3 aromatic heterocycles. The predicted molar refractivity (Wildman–Crippen MR) is 120 cm³/mol.